The molecule has 0 aliphatic heterocycles. The molecule has 0 bridgehead atoms. The molecule has 1 aromatic rings. The van der Waals surface area contributed by atoms with Crippen molar-refractivity contribution in [2.24, 2.45) is 10.9 Å². The first-order chi connectivity index (χ1) is 8.42. The van der Waals surface area contributed by atoms with Crippen molar-refractivity contribution >= 4 is 5.84 Å². The van der Waals surface area contributed by atoms with Gasteiger partial charge in [-0.1, -0.05) is 5.16 Å². The molecule has 100 valence electrons. The number of amidine groups is 1. The maximum atomic E-state index is 13.3. The summed E-state index contributed by atoms with van der Waals surface area (Å²) in [4.78, 5) is 1.36. The summed E-state index contributed by atoms with van der Waals surface area (Å²) in [5.74, 6) is -0.799. The van der Waals surface area contributed by atoms with Crippen LogP contribution in [0.5, 0.6) is 0 Å². The Balaban J connectivity index is 2.86. The number of benzene rings is 1. The molecular formula is C11H14F3N3O. The van der Waals surface area contributed by atoms with Crippen molar-refractivity contribution in [2.75, 3.05) is 13.6 Å². The third-order valence-electron chi connectivity index (χ3n) is 2.26. The van der Waals surface area contributed by atoms with E-state index in [0.29, 0.717) is 5.56 Å². The van der Waals surface area contributed by atoms with E-state index >= 15 is 0 Å². The molecule has 3 N–H and O–H groups in total. The normalized spacial score (nSPS) is 12.4. The van der Waals surface area contributed by atoms with Crippen LogP contribution in [0.2, 0.25) is 0 Å². The van der Waals surface area contributed by atoms with Gasteiger partial charge in [0.2, 0.25) is 0 Å². The van der Waals surface area contributed by atoms with Crippen LogP contribution in [-0.4, -0.2) is 36.0 Å². The summed E-state index contributed by atoms with van der Waals surface area (Å²) in [5.41, 5.74) is 6.02. The smallest absolute Gasteiger partial charge is 0.251 e. The average Bonchev–Trinajstić information content (AvgIpc) is 2.25. The fraction of sp³-hybridized carbons (Fsp3) is 0.364. The quantitative estimate of drug-likeness (QED) is 0.366. The minimum absolute atomic E-state index is 0.147. The summed E-state index contributed by atoms with van der Waals surface area (Å²) in [7, 11) is 1.50. The van der Waals surface area contributed by atoms with Crippen LogP contribution in [-0.2, 0) is 6.54 Å². The number of nitrogens with zero attached hydrogens (tertiary/aromatic N) is 2. The van der Waals surface area contributed by atoms with Gasteiger partial charge in [0.05, 0.1) is 6.54 Å². The van der Waals surface area contributed by atoms with Gasteiger partial charge >= 0.3 is 0 Å². The van der Waals surface area contributed by atoms with Crippen LogP contribution in [0.3, 0.4) is 0 Å². The van der Waals surface area contributed by atoms with Crippen molar-refractivity contribution in [3.8, 4) is 0 Å². The molecule has 0 spiro atoms. The number of hydrogen-bond acceptors (Lipinski definition) is 3. The van der Waals surface area contributed by atoms with E-state index in [9.17, 15) is 13.2 Å². The predicted octanol–water partition coefficient (Wildman–Crippen LogP) is 1.62. The van der Waals surface area contributed by atoms with Gasteiger partial charge in [0.25, 0.3) is 6.43 Å². The van der Waals surface area contributed by atoms with Crippen LogP contribution in [0, 0.1) is 5.82 Å². The minimum Gasteiger partial charge on any atom is -0.409 e. The number of hydrogen-bond donors (Lipinski definition) is 2. The van der Waals surface area contributed by atoms with Gasteiger partial charge < -0.3 is 10.9 Å². The second-order valence-electron chi connectivity index (χ2n) is 3.92. The first kappa shape index (κ1) is 14.3. The summed E-state index contributed by atoms with van der Waals surface area (Å²) in [6.45, 7) is -0.261. The van der Waals surface area contributed by atoms with E-state index in [0.717, 1.165) is 6.07 Å². The molecule has 0 aliphatic carbocycles. The third kappa shape index (κ3) is 4.25. The van der Waals surface area contributed by atoms with E-state index in [1.165, 1.54) is 24.1 Å². The van der Waals surface area contributed by atoms with Gasteiger partial charge in [-0.2, -0.15) is 0 Å². The summed E-state index contributed by atoms with van der Waals surface area (Å²) in [6, 6.07) is 3.81. The molecule has 0 amide bonds. The first-order valence-corrected chi connectivity index (χ1v) is 5.16. The molecule has 1 rings (SSSR count). The SMILES string of the molecule is CN(Cc1cc(F)cc(/C(N)=N/O)c1)CC(F)F. The fourth-order valence-corrected chi connectivity index (χ4v) is 1.56. The monoisotopic (exact) mass is 261 g/mol. The van der Waals surface area contributed by atoms with Gasteiger partial charge in [0.1, 0.15) is 5.82 Å². The number of alkyl halides is 2. The number of nitrogens with two attached hydrogens (primary N) is 1. The van der Waals surface area contributed by atoms with E-state index in [2.05, 4.69) is 5.16 Å². The lowest BCUT2D eigenvalue weighted by Gasteiger charge is -2.16. The molecule has 0 fully saturated rings. The van der Waals surface area contributed by atoms with Crippen LogP contribution in [0.25, 0.3) is 0 Å². The van der Waals surface area contributed by atoms with E-state index in [4.69, 9.17) is 10.9 Å². The van der Waals surface area contributed by atoms with E-state index in [1.54, 1.807) is 0 Å². The Kier molecular flexibility index (Phi) is 4.96. The fourth-order valence-electron chi connectivity index (χ4n) is 1.56. The van der Waals surface area contributed by atoms with Crippen LogP contribution in [0.1, 0.15) is 11.1 Å². The van der Waals surface area contributed by atoms with Crippen LogP contribution in [0.4, 0.5) is 13.2 Å². The molecule has 0 heterocycles. The highest BCUT2D eigenvalue weighted by molar-refractivity contribution is 5.97. The molecule has 18 heavy (non-hydrogen) atoms. The lowest BCUT2D eigenvalue weighted by Crippen LogP contribution is -2.24. The van der Waals surface area contributed by atoms with Crippen molar-refractivity contribution in [3.05, 3.63) is 35.1 Å². The topological polar surface area (TPSA) is 61.8 Å². The second kappa shape index (κ2) is 6.25. The molecule has 4 nitrogen and oxygen atoms in total. The third-order valence-corrected chi connectivity index (χ3v) is 2.26. The van der Waals surface area contributed by atoms with Crippen LogP contribution in [0.15, 0.2) is 23.4 Å². The second-order valence-corrected chi connectivity index (χ2v) is 3.92. The van der Waals surface area contributed by atoms with Gasteiger partial charge in [-0.15, -0.1) is 0 Å². The van der Waals surface area contributed by atoms with Crippen LogP contribution < -0.4 is 5.73 Å². The maximum absolute atomic E-state index is 13.3. The Morgan fingerprint density at radius 2 is 2.11 bits per heavy atom. The Morgan fingerprint density at radius 1 is 1.44 bits per heavy atom. The van der Waals surface area contributed by atoms with Crippen molar-refractivity contribution in [1.29, 1.82) is 0 Å². The van der Waals surface area contributed by atoms with E-state index < -0.39 is 18.8 Å². The summed E-state index contributed by atoms with van der Waals surface area (Å²) >= 11 is 0. The van der Waals surface area contributed by atoms with Crippen molar-refractivity contribution in [1.82, 2.24) is 4.90 Å². The van der Waals surface area contributed by atoms with Gasteiger partial charge in [0.15, 0.2) is 5.84 Å². The lowest BCUT2D eigenvalue weighted by atomic mass is 10.1. The Bertz CT molecular complexity index is 438. The highest BCUT2D eigenvalue weighted by atomic mass is 19.3. The Labute approximate surface area is 102 Å². The number of oxime groups is 1. The van der Waals surface area contributed by atoms with Crippen molar-refractivity contribution < 1.29 is 18.4 Å². The molecule has 1 aromatic carbocycles. The predicted molar refractivity (Wildman–Crippen MR) is 61.2 cm³/mol. The first-order valence-electron chi connectivity index (χ1n) is 5.16. The van der Waals surface area contributed by atoms with E-state index in [1.807, 2.05) is 0 Å². The Morgan fingerprint density at radius 3 is 2.67 bits per heavy atom. The summed E-state index contributed by atoms with van der Waals surface area (Å²) in [5, 5.41) is 11.3. The molecule has 0 aromatic heterocycles. The molecule has 0 saturated heterocycles. The van der Waals surface area contributed by atoms with Crippen molar-refractivity contribution in [3.63, 3.8) is 0 Å². The zero-order chi connectivity index (χ0) is 13.7. The molecule has 7 heteroatoms. The highest BCUT2D eigenvalue weighted by Crippen LogP contribution is 2.12. The number of rotatable bonds is 5. The van der Waals surface area contributed by atoms with Gasteiger partial charge in [-0.25, -0.2) is 13.2 Å². The largest absolute Gasteiger partial charge is 0.409 e. The zero-order valence-corrected chi connectivity index (χ0v) is 9.78. The standard InChI is InChI=1S/C11H14F3N3O/c1-17(6-10(13)14)5-7-2-8(11(15)16-18)4-9(12)3-7/h2-4,10,18H,5-6H2,1H3,(H2,15,16). The zero-order valence-electron chi connectivity index (χ0n) is 9.78. The summed E-state index contributed by atoms with van der Waals surface area (Å²) in [6.07, 6.45) is -2.45. The van der Waals surface area contributed by atoms with Crippen molar-refractivity contribution in [2.45, 2.75) is 13.0 Å². The Hall–Kier alpha value is -1.76. The average molecular weight is 261 g/mol. The highest BCUT2D eigenvalue weighted by Gasteiger charge is 2.10. The van der Waals surface area contributed by atoms with Gasteiger partial charge in [-0.05, 0) is 30.8 Å². The maximum Gasteiger partial charge on any atom is 0.251 e. The van der Waals surface area contributed by atoms with Gasteiger partial charge in [0, 0.05) is 12.1 Å². The van der Waals surface area contributed by atoms with E-state index in [-0.39, 0.29) is 17.9 Å². The molecule has 0 unspecified atom stereocenters. The number of halogens is 3. The molecule has 0 aliphatic rings. The van der Waals surface area contributed by atoms with Gasteiger partial charge in [-0.3, -0.25) is 4.90 Å². The minimum atomic E-state index is -2.45. The molecule has 0 atom stereocenters. The lowest BCUT2D eigenvalue weighted by molar-refractivity contribution is 0.0975. The summed E-state index contributed by atoms with van der Waals surface area (Å²) < 4.78 is 37.6. The molecule has 0 saturated carbocycles. The molecular weight excluding hydrogens is 247 g/mol. The van der Waals surface area contributed by atoms with Crippen LogP contribution >= 0.6 is 0 Å². The molecule has 0 radical (unpaired) electrons.